The molecule has 9 heteroatoms. The van der Waals surface area contributed by atoms with Gasteiger partial charge in [-0.3, -0.25) is 14.9 Å². The van der Waals surface area contributed by atoms with Gasteiger partial charge in [0, 0.05) is 17.7 Å². The van der Waals surface area contributed by atoms with Crippen molar-refractivity contribution in [3.8, 4) is 11.3 Å². The first-order chi connectivity index (χ1) is 15.0. The molecule has 0 aliphatic rings. The van der Waals surface area contributed by atoms with E-state index in [9.17, 15) is 19.7 Å². The van der Waals surface area contributed by atoms with Crippen molar-refractivity contribution < 1.29 is 23.7 Å². The number of amides is 1. The molecule has 2 aromatic carbocycles. The lowest BCUT2D eigenvalue weighted by Crippen LogP contribution is -2.19. The second kappa shape index (κ2) is 9.97. The van der Waals surface area contributed by atoms with Crippen LogP contribution in [0, 0.1) is 10.1 Å². The van der Waals surface area contributed by atoms with E-state index < -0.39 is 10.9 Å². The van der Waals surface area contributed by atoms with Crippen LogP contribution in [0.2, 0.25) is 0 Å². The summed E-state index contributed by atoms with van der Waals surface area (Å²) in [6.45, 7) is 2.03. The Morgan fingerprint density at radius 1 is 1.16 bits per heavy atom. The van der Waals surface area contributed by atoms with Gasteiger partial charge in [0.05, 0.1) is 29.7 Å². The Morgan fingerprint density at radius 3 is 2.65 bits per heavy atom. The lowest BCUT2D eigenvalue weighted by molar-refractivity contribution is -0.384. The van der Waals surface area contributed by atoms with Crippen molar-refractivity contribution >= 4 is 23.8 Å². The van der Waals surface area contributed by atoms with Crippen molar-refractivity contribution in [2.45, 2.75) is 13.3 Å². The van der Waals surface area contributed by atoms with E-state index >= 15 is 0 Å². The molecule has 1 aromatic heterocycles. The average molecular weight is 421 g/mol. The molecule has 0 saturated heterocycles. The minimum Gasteiger partial charge on any atom is -0.462 e. The SMILES string of the molecule is CCOC(=O)c1cccc(-c2ccc(/C=N\NC(=O)Cc3ccc([N+](=O)[O-])cc3)o2)c1. The van der Waals surface area contributed by atoms with E-state index in [1.807, 2.05) is 0 Å². The number of nitro benzene ring substituents is 1. The molecule has 1 N–H and O–H groups in total. The number of esters is 1. The number of nitro groups is 1. The van der Waals surface area contributed by atoms with Gasteiger partial charge in [0.25, 0.3) is 5.69 Å². The molecule has 9 nitrogen and oxygen atoms in total. The number of carbonyl (C=O) groups is 2. The first kappa shape index (κ1) is 21.4. The quantitative estimate of drug-likeness (QED) is 0.256. The van der Waals surface area contributed by atoms with E-state index in [0.29, 0.717) is 34.8 Å². The number of hydrogen-bond donors (Lipinski definition) is 1. The Hall–Kier alpha value is -4.27. The summed E-state index contributed by atoms with van der Waals surface area (Å²) in [5.41, 5.74) is 4.09. The maximum Gasteiger partial charge on any atom is 0.338 e. The van der Waals surface area contributed by atoms with Crippen LogP contribution in [-0.2, 0) is 16.0 Å². The van der Waals surface area contributed by atoms with Crippen molar-refractivity contribution in [3.63, 3.8) is 0 Å². The molecular weight excluding hydrogens is 402 g/mol. The molecule has 0 atom stereocenters. The number of carbonyl (C=O) groups excluding carboxylic acids is 2. The third kappa shape index (κ3) is 5.86. The summed E-state index contributed by atoms with van der Waals surface area (Å²) < 4.78 is 10.7. The van der Waals surface area contributed by atoms with Gasteiger partial charge in [-0.05, 0) is 36.8 Å². The fourth-order valence-corrected chi connectivity index (χ4v) is 2.72. The van der Waals surface area contributed by atoms with E-state index in [0.717, 1.165) is 0 Å². The highest BCUT2D eigenvalue weighted by Crippen LogP contribution is 2.23. The number of benzene rings is 2. The van der Waals surface area contributed by atoms with Gasteiger partial charge in [-0.25, -0.2) is 10.2 Å². The second-order valence-corrected chi connectivity index (χ2v) is 6.40. The molecule has 158 valence electrons. The number of nitrogens with one attached hydrogen (secondary N) is 1. The van der Waals surface area contributed by atoms with Crippen LogP contribution in [-0.4, -0.2) is 29.6 Å². The van der Waals surface area contributed by atoms with Gasteiger partial charge in [0.1, 0.15) is 11.5 Å². The van der Waals surface area contributed by atoms with Gasteiger partial charge in [0.2, 0.25) is 5.91 Å². The van der Waals surface area contributed by atoms with Crippen molar-refractivity contribution in [3.05, 3.63) is 87.7 Å². The summed E-state index contributed by atoms with van der Waals surface area (Å²) in [5.74, 6) is 0.157. The molecule has 1 heterocycles. The lowest BCUT2D eigenvalue weighted by Gasteiger charge is -2.03. The molecule has 0 saturated carbocycles. The summed E-state index contributed by atoms with van der Waals surface area (Å²) in [6, 6.07) is 16.0. The molecule has 3 rings (SSSR count). The van der Waals surface area contributed by atoms with E-state index in [1.165, 1.54) is 30.5 Å². The minimum absolute atomic E-state index is 0.0272. The number of non-ortho nitro benzene ring substituents is 1. The van der Waals surface area contributed by atoms with Crippen LogP contribution in [0.5, 0.6) is 0 Å². The van der Waals surface area contributed by atoms with Gasteiger partial charge in [-0.15, -0.1) is 0 Å². The Labute approximate surface area is 177 Å². The maximum atomic E-state index is 12.0. The van der Waals surface area contributed by atoms with E-state index in [1.54, 1.807) is 43.3 Å². The molecule has 0 unspecified atom stereocenters. The fourth-order valence-electron chi connectivity index (χ4n) is 2.72. The monoisotopic (exact) mass is 421 g/mol. The molecule has 0 radical (unpaired) electrons. The van der Waals surface area contributed by atoms with Gasteiger partial charge in [-0.2, -0.15) is 5.10 Å². The van der Waals surface area contributed by atoms with E-state index in [-0.39, 0.29) is 18.0 Å². The second-order valence-electron chi connectivity index (χ2n) is 6.40. The predicted octanol–water partition coefficient (Wildman–Crippen LogP) is 3.72. The Balaban J connectivity index is 1.58. The van der Waals surface area contributed by atoms with Crippen LogP contribution >= 0.6 is 0 Å². The first-order valence-corrected chi connectivity index (χ1v) is 9.39. The molecule has 0 aliphatic heterocycles. The maximum absolute atomic E-state index is 12.0. The predicted molar refractivity (Wildman–Crippen MR) is 113 cm³/mol. The van der Waals surface area contributed by atoms with Crippen molar-refractivity contribution in [2.75, 3.05) is 6.61 Å². The molecule has 0 fully saturated rings. The van der Waals surface area contributed by atoms with Gasteiger partial charge in [0.15, 0.2) is 0 Å². The zero-order chi connectivity index (χ0) is 22.2. The fraction of sp³-hybridized carbons (Fsp3) is 0.136. The molecule has 0 aliphatic carbocycles. The number of hydrazone groups is 1. The third-order valence-electron chi connectivity index (χ3n) is 4.18. The first-order valence-electron chi connectivity index (χ1n) is 9.39. The number of rotatable bonds is 8. The smallest absolute Gasteiger partial charge is 0.338 e. The summed E-state index contributed by atoms with van der Waals surface area (Å²) in [5, 5.41) is 14.5. The molecule has 31 heavy (non-hydrogen) atoms. The third-order valence-corrected chi connectivity index (χ3v) is 4.18. The average Bonchev–Trinajstić information content (AvgIpc) is 3.23. The molecule has 1 amide bonds. The minimum atomic E-state index is -0.501. The number of ether oxygens (including phenoxy) is 1. The summed E-state index contributed by atoms with van der Waals surface area (Å²) >= 11 is 0. The lowest BCUT2D eigenvalue weighted by atomic mass is 10.1. The van der Waals surface area contributed by atoms with Gasteiger partial charge >= 0.3 is 5.97 Å². The molecule has 0 spiro atoms. The zero-order valence-electron chi connectivity index (χ0n) is 16.6. The normalized spacial score (nSPS) is 10.7. The van der Waals surface area contributed by atoms with Gasteiger partial charge in [-0.1, -0.05) is 24.3 Å². The molecular formula is C22H19N3O6. The summed E-state index contributed by atoms with van der Waals surface area (Å²) in [4.78, 5) is 34.0. The van der Waals surface area contributed by atoms with Gasteiger partial charge < -0.3 is 9.15 Å². The van der Waals surface area contributed by atoms with Crippen LogP contribution in [0.15, 0.2) is 70.2 Å². The highest BCUT2D eigenvalue weighted by Gasteiger charge is 2.10. The van der Waals surface area contributed by atoms with Crippen LogP contribution in [0.1, 0.15) is 28.6 Å². The van der Waals surface area contributed by atoms with Crippen LogP contribution in [0.25, 0.3) is 11.3 Å². The topological polar surface area (TPSA) is 124 Å². The Kier molecular flexibility index (Phi) is 6.89. The summed E-state index contributed by atoms with van der Waals surface area (Å²) in [7, 11) is 0. The largest absolute Gasteiger partial charge is 0.462 e. The number of furan rings is 1. The van der Waals surface area contributed by atoms with Crippen LogP contribution in [0.4, 0.5) is 5.69 Å². The van der Waals surface area contributed by atoms with Crippen LogP contribution < -0.4 is 5.43 Å². The highest BCUT2D eigenvalue weighted by atomic mass is 16.6. The zero-order valence-corrected chi connectivity index (χ0v) is 16.6. The molecule has 0 bridgehead atoms. The summed E-state index contributed by atoms with van der Waals surface area (Å²) in [6.07, 6.45) is 1.38. The van der Waals surface area contributed by atoms with Crippen molar-refractivity contribution in [1.29, 1.82) is 0 Å². The van der Waals surface area contributed by atoms with Crippen LogP contribution in [0.3, 0.4) is 0 Å². The number of hydrogen-bond acceptors (Lipinski definition) is 7. The Morgan fingerprint density at radius 2 is 1.94 bits per heavy atom. The van der Waals surface area contributed by atoms with Crippen molar-refractivity contribution in [2.24, 2.45) is 5.10 Å². The van der Waals surface area contributed by atoms with Crippen molar-refractivity contribution in [1.82, 2.24) is 5.43 Å². The van der Waals surface area contributed by atoms with E-state index in [4.69, 9.17) is 9.15 Å². The number of nitrogens with zero attached hydrogens (tertiary/aromatic N) is 2. The Bertz CT molecular complexity index is 1120. The molecule has 3 aromatic rings. The highest BCUT2D eigenvalue weighted by molar-refractivity contribution is 5.91. The standard InChI is InChI=1S/C22H19N3O6/c1-2-30-22(27)17-5-3-4-16(13-17)20-11-10-19(31-20)14-23-24-21(26)12-15-6-8-18(9-7-15)25(28)29/h3-11,13-14H,2,12H2,1H3,(H,24,26)/b23-14-. The van der Waals surface area contributed by atoms with E-state index in [2.05, 4.69) is 10.5 Å².